The molecule has 3 rings (SSSR count). The molecule has 1 unspecified atom stereocenters. The number of benzene rings is 2. The molecule has 19 heavy (non-hydrogen) atoms. The Balaban J connectivity index is 2.13. The fraction of sp³-hybridized carbons (Fsp3) is 0.0667. The molecule has 0 amide bonds. The Morgan fingerprint density at radius 3 is 2.58 bits per heavy atom. The van der Waals surface area contributed by atoms with Crippen molar-refractivity contribution in [2.45, 2.75) is 5.38 Å². The van der Waals surface area contributed by atoms with E-state index in [1.807, 2.05) is 18.2 Å². The molecule has 2 aromatic carbocycles. The summed E-state index contributed by atoms with van der Waals surface area (Å²) in [5.74, 6) is 0. The van der Waals surface area contributed by atoms with E-state index in [0.717, 1.165) is 11.1 Å². The Labute approximate surface area is 130 Å². The van der Waals surface area contributed by atoms with E-state index in [-0.39, 0.29) is 5.38 Å². The largest absolute Gasteiger partial charge is 0.143 e. The lowest BCUT2D eigenvalue weighted by molar-refractivity contribution is 1.17. The average Bonchev–Trinajstić information content (AvgIpc) is 2.84. The van der Waals surface area contributed by atoms with Crippen LogP contribution in [-0.4, -0.2) is 0 Å². The number of rotatable bonds is 2. The summed E-state index contributed by atoms with van der Waals surface area (Å²) in [4.78, 5) is 0. The van der Waals surface area contributed by atoms with Gasteiger partial charge in [-0.1, -0.05) is 41.4 Å². The monoisotopic (exact) mass is 326 g/mol. The maximum Gasteiger partial charge on any atom is 0.0864 e. The van der Waals surface area contributed by atoms with Gasteiger partial charge in [0.1, 0.15) is 0 Å². The minimum absolute atomic E-state index is 0.289. The first-order chi connectivity index (χ1) is 9.16. The van der Waals surface area contributed by atoms with Crippen LogP contribution < -0.4 is 0 Å². The van der Waals surface area contributed by atoms with Crippen molar-refractivity contribution in [3.63, 3.8) is 0 Å². The third kappa shape index (κ3) is 2.48. The quantitative estimate of drug-likeness (QED) is 0.469. The predicted octanol–water partition coefficient (Wildman–Crippen LogP) is 6.54. The van der Waals surface area contributed by atoms with Crippen molar-refractivity contribution in [1.29, 1.82) is 0 Å². The maximum atomic E-state index is 6.59. The molecule has 0 bridgehead atoms. The first kappa shape index (κ1) is 13.3. The van der Waals surface area contributed by atoms with Crippen LogP contribution in [0, 0.1) is 0 Å². The Hall–Kier alpha value is -0.730. The van der Waals surface area contributed by atoms with Crippen molar-refractivity contribution in [2.24, 2.45) is 0 Å². The first-order valence-corrected chi connectivity index (χ1v) is 7.79. The number of alkyl halides is 1. The van der Waals surface area contributed by atoms with Gasteiger partial charge < -0.3 is 0 Å². The van der Waals surface area contributed by atoms with E-state index in [1.54, 1.807) is 23.5 Å². The molecule has 0 aliphatic rings. The second kappa shape index (κ2) is 5.34. The van der Waals surface area contributed by atoms with Gasteiger partial charge in [0, 0.05) is 14.7 Å². The number of fused-ring (bicyclic) bond motifs is 1. The Kier molecular flexibility index (Phi) is 3.72. The van der Waals surface area contributed by atoms with Gasteiger partial charge in [0.25, 0.3) is 0 Å². The van der Waals surface area contributed by atoms with Gasteiger partial charge in [-0.3, -0.25) is 0 Å². The molecular weight excluding hydrogens is 319 g/mol. The summed E-state index contributed by atoms with van der Waals surface area (Å²) in [5.41, 5.74) is 1.92. The minimum atomic E-state index is -0.289. The van der Waals surface area contributed by atoms with Crippen molar-refractivity contribution < 1.29 is 0 Å². The van der Waals surface area contributed by atoms with Crippen LogP contribution in [0.4, 0.5) is 0 Å². The van der Waals surface area contributed by atoms with E-state index in [1.165, 1.54) is 10.1 Å². The highest BCUT2D eigenvalue weighted by molar-refractivity contribution is 7.17. The van der Waals surface area contributed by atoms with E-state index in [2.05, 4.69) is 17.5 Å². The lowest BCUT2D eigenvalue weighted by atomic mass is 10.0. The molecule has 0 aliphatic carbocycles. The van der Waals surface area contributed by atoms with Gasteiger partial charge in [0.15, 0.2) is 0 Å². The number of hydrogen-bond acceptors (Lipinski definition) is 1. The molecule has 0 saturated heterocycles. The molecule has 0 radical (unpaired) electrons. The molecule has 1 aromatic heterocycles. The second-order valence-corrected chi connectivity index (χ2v) is 6.41. The van der Waals surface area contributed by atoms with Crippen molar-refractivity contribution >= 4 is 56.2 Å². The van der Waals surface area contributed by atoms with Crippen LogP contribution >= 0.6 is 46.1 Å². The fourth-order valence-corrected chi connectivity index (χ4v) is 3.96. The summed E-state index contributed by atoms with van der Waals surface area (Å²) in [6, 6.07) is 13.6. The Bertz CT molecular complexity index is 733. The third-order valence-electron chi connectivity index (χ3n) is 3.02. The van der Waals surface area contributed by atoms with Crippen molar-refractivity contribution in [3.05, 3.63) is 69.0 Å². The maximum absolute atomic E-state index is 6.59. The summed E-state index contributed by atoms with van der Waals surface area (Å²) in [6.07, 6.45) is 0. The van der Waals surface area contributed by atoms with Crippen LogP contribution in [0.2, 0.25) is 10.0 Å². The van der Waals surface area contributed by atoms with E-state index < -0.39 is 0 Å². The number of halogens is 3. The zero-order valence-electron chi connectivity index (χ0n) is 9.74. The van der Waals surface area contributed by atoms with Crippen LogP contribution in [0.25, 0.3) is 10.1 Å². The number of thiophene rings is 1. The molecule has 0 aliphatic heterocycles. The first-order valence-electron chi connectivity index (χ1n) is 5.72. The molecule has 0 N–H and O–H groups in total. The molecule has 3 aromatic rings. The summed E-state index contributed by atoms with van der Waals surface area (Å²) in [6.45, 7) is 0. The topological polar surface area (TPSA) is 0 Å². The van der Waals surface area contributed by atoms with Gasteiger partial charge in [-0.15, -0.1) is 22.9 Å². The molecule has 0 nitrogen and oxygen atoms in total. The lowest BCUT2D eigenvalue weighted by Gasteiger charge is -2.11. The summed E-state index contributed by atoms with van der Waals surface area (Å²) < 4.78 is 1.22. The normalized spacial score (nSPS) is 12.8. The average molecular weight is 328 g/mol. The van der Waals surface area contributed by atoms with E-state index in [0.29, 0.717) is 10.0 Å². The molecule has 96 valence electrons. The van der Waals surface area contributed by atoms with Crippen LogP contribution in [0.15, 0.2) is 47.8 Å². The van der Waals surface area contributed by atoms with Gasteiger partial charge in [-0.25, -0.2) is 0 Å². The van der Waals surface area contributed by atoms with Crippen molar-refractivity contribution in [1.82, 2.24) is 0 Å². The van der Waals surface area contributed by atoms with Gasteiger partial charge in [-0.2, -0.15) is 0 Å². The smallest absolute Gasteiger partial charge is 0.0864 e. The summed E-state index contributed by atoms with van der Waals surface area (Å²) >= 11 is 20.5. The highest BCUT2D eigenvalue weighted by Crippen LogP contribution is 2.40. The third-order valence-corrected chi connectivity index (χ3v) is 5.05. The SMILES string of the molecule is Clc1ccc(Cl)c(C(Cl)c2csc3ccccc23)c1. The second-order valence-electron chi connectivity index (χ2n) is 4.22. The van der Waals surface area contributed by atoms with Crippen molar-refractivity contribution in [3.8, 4) is 0 Å². The van der Waals surface area contributed by atoms with E-state index in [9.17, 15) is 0 Å². The van der Waals surface area contributed by atoms with Gasteiger partial charge in [0.2, 0.25) is 0 Å². The molecular formula is C15H9Cl3S. The van der Waals surface area contributed by atoms with Gasteiger partial charge in [-0.05, 0) is 46.2 Å². The summed E-state index contributed by atoms with van der Waals surface area (Å²) in [7, 11) is 0. The lowest BCUT2D eigenvalue weighted by Crippen LogP contribution is -1.93. The Morgan fingerprint density at radius 2 is 1.74 bits per heavy atom. The molecule has 1 heterocycles. The molecule has 4 heteroatoms. The van der Waals surface area contributed by atoms with Crippen LogP contribution in [-0.2, 0) is 0 Å². The van der Waals surface area contributed by atoms with E-state index >= 15 is 0 Å². The zero-order chi connectivity index (χ0) is 13.4. The highest BCUT2D eigenvalue weighted by atomic mass is 35.5. The predicted molar refractivity (Wildman–Crippen MR) is 86.0 cm³/mol. The standard InChI is InChI=1S/C15H9Cl3S/c16-9-5-6-13(17)11(7-9)15(18)12-8-19-14-4-2-1-3-10(12)14/h1-8,15H. The van der Waals surface area contributed by atoms with E-state index in [4.69, 9.17) is 34.8 Å². The minimum Gasteiger partial charge on any atom is -0.143 e. The highest BCUT2D eigenvalue weighted by Gasteiger charge is 2.18. The summed E-state index contributed by atoms with van der Waals surface area (Å²) in [5, 5.41) is 4.25. The van der Waals surface area contributed by atoms with Crippen LogP contribution in [0.3, 0.4) is 0 Å². The molecule has 0 saturated carbocycles. The number of hydrogen-bond donors (Lipinski definition) is 0. The van der Waals surface area contributed by atoms with Crippen molar-refractivity contribution in [2.75, 3.05) is 0 Å². The molecule has 0 spiro atoms. The van der Waals surface area contributed by atoms with Gasteiger partial charge >= 0.3 is 0 Å². The van der Waals surface area contributed by atoms with Crippen LogP contribution in [0.5, 0.6) is 0 Å². The molecule has 1 atom stereocenters. The Morgan fingerprint density at radius 1 is 0.947 bits per heavy atom. The van der Waals surface area contributed by atoms with Crippen LogP contribution in [0.1, 0.15) is 16.5 Å². The van der Waals surface area contributed by atoms with Gasteiger partial charge in [0.05, 0.1) is 5.38 Å². The fourth-order valence-electron chi connectivity index (χ4n) is 2.07. The zero-order valence-corrected chi connectivity index (χ0v) is 12.8. The molecule has 0 fully saturated rings.